The predicted octanol–water partition coefficient (Wildman–Crippen LogP) is 0.924. The third kappa shape index (κ3) is 3.25. The summed E-state index contributed by atoms with van der Waals surface area (Å²) in [7, 11) is -3.04. The van der Waals surface area contributed by atoms with E-state index >= 15 is 0 Å². The van der Waals surface area contributed by atoms with Crippen molar-refractivity contribution in [1.82, 2.24) is 10.2 Å². The Morgan fingerprint density at radius 2 is 2.17 bits per heavy atom. The van der Waals surface area contributed by atoms with Crippen LogP contribution in [0.5, 0.6) is 0 Å². The average Bonchev–Trinajstić information content (AvgIpc) is 2.79. The molecule has 6 heteroatoms. The lowest BCUT2D eigenvalue weighted by molar-refractivity contribution is 0.206. The van der Waals surface area contributed by atoms with E-state index in [-0.39, 0.29) is 12.1 Å². The van der Waals surface area contributed by atoms with E-state index in [0.29, 0.717) is 19.5 Å². The van der Waals surface area contributed by atoms with Crippen molar-refractivity contribution in [2.45, 2.75) is 37.0 Å². The Labute approximate surface area is 108 Å². The zero-order valence-electron chi connectivity index (χ0n) is 10.6. The third-order valence-electron chi connectivity index (χ3n) is 3.60. The molecular formula is C12H20N2O3S. The van der Waals surface area contributed by atoms with Gasteiger partial charge in [-0.1, -0.05) is 12.2 Å². The molecule has 0 saturated carbocycles. The van der Waals surface area contributed by atoms with E-state index in [9.17, 15) is 13.2 Å². The van der Waals surface area contributed by atoms with Crippen LogP contribution < -0.4 is 5.32 Å². The molecular weight excluding hydrogens is 252 g/mol. The summed E-state index contributed by atoms with van der Waals surface area (Å²) < 4.78 is 22.8. The van der Waals surface area contributed by atoms with Crippen molar-refractivity contribution in [3.63, 3.8) is 0 Å². The number of rotatable bonds is 2. The van der Waals surface area contributed by atoms with Gasteiger partial charge >= 0.3 is 6.03 Å². The van der Waals surface area contributed by atoms with Crippen molar-refractivity contribution in [1.29, 1.82) is 0 Å². The third-order valence-corrected chi connectivity index (χ3v) is 5.20. The number of urea groups is 1. The first-order valence-electron chi connectivity index (χ1n) is 6.38. The largest absolute Gasteiger partial charge is 0.332 e. The van der Waals surface area contributed by atoms with Crippen LogP contribution in [0.25, 0.3) is 0 Å². The maximum atomic E-state index is 12.0. The molecule has 0 aromatic heterocycles. The molecule has 0 bridgehead atoms. The minimum absolute atomic E-state index is 0.100. The van der Waals surface area contributed by atoms with Gasteiger partial charge in [-0.25, -0.2) is 13.2 Å². The van der Waals surface area contributed by atoms with Crippen molar-refractivity contribution in [2.24, 2.45) is 0 Å². The molecule has 0 aromatic rings. The number of likely N-dealkylation sites (tertiary alicyclic amines) is 1. The molecule has 2 rings (SSSR count). The second-order valence-corrected chi connectivity index (χ2v) is 7.43. The van der Waals surface area contributed by atoms with Gasteiger partial charge in [0.1, 0.15) is 0 Å². The van der Waals surface area contributed by atoms with Gasteiger partial charge < -0.3 is 10.2 Å². The summed E-state index contributed by atoms with van der Waals surface area (Å²) in [4.78, 5) is 13.6. The fraction of sp³-hybridized carbons (Fsp3) is 0.750. The number of hydrogen-bond donors (Lipinski definition) is 1. The van der Waals surface area contributed by atoms with Crippen LogP contribution in [0, 0.1) is 0 Å². The van der Waals surface area contributed by atoms with E-state index in [1.54, 1.807) is 4.90 Å². The smallest absolute Gasteiger partial charge is 0.317 e. The highest BCUT2D eigenvalue weighted by Gasteiger charge is 2.32. The number of amides is 2. The van der Waals surface area contributed by atoms with Gasteiger partial charge in [0.25, 0.3) is 0 Å². The van der Waals surface area contributed by atoms with Gasteiger partial charge in [-0.05, 0) is 25.7 Å². The van der Waals surface area contributed by atoms with Crippen LogP contribution in [0.4, 0.5) is 4.79 Å². The lowest BCUT2D eigenvalue weighted by Gasteiger charge is -2.23. The summed E-state index contributed by atoms with van der Waals surface area (Å²) in [5, 5.41) is 2.54. The highest BCUT2D eigenvalue weighted by Crippen LogP contribution is 2.17. The lowest BCUT2D eigenvalue weighted by atomic mass is 10.0. The maximum Gasteiger partial charge on any atom is 0.317 e. The molecule has 2 amide bonds. The van der Waals surface area contributed by atoms with E-state index in [2.05, 4.69) is 11.4 Å². The van der Waals surface area contributed by atoms with Crippen molar-refractivity contribution in [3.05, 3.63) is 12.2 Å². The predicted molar refractivity (Wildman–Crippen MR) is 70.1 cm³/mol. The van der Waals surface area contributed by atoms with Crippen LogP contribution in [0.1, 0.15) is 25.7 Å². The van der Waals surface area contributed by atoms with E-state index in [1.807, 2.05) is 6.08 Å². The zero-order valence-corrected chi connectivity index (χ0v) is 11.4. The molecule has 1 fully saturated rings. The van der Waals surface area contributed by atoms with E-state index in [0.717, 1.165) is 19.3 Å². The molecule has 1 aliphatic carbocycles. The average molecular weight is 272 g/mol. The van der Waals surface area contributed by atoms with Crippen LogP contribution in [0.2, 0.25) is 0 Å². The van der Waals surface area contributed by atoms with Gasteiger partial charge in [-0.15, -0.1) is 0 Å². The summed E-state index contributed by atoms with van der Waals surface area (Å²) in [6, 6.07) is -0.0405. The molecule has 0 spiro atoms. The van der Waals surface area contributed by atoms with E-state index in [1.165, 1.54) is 6.26 Å². The Hall–Kier alpha value is -1.04. The topological polar surface area (TPSA) is 66.5 Å². The fourth-order valence-electron chi connectivity index (χ4n) is 2.44. The minimum atomic E-state index is -3.04. The molecule has 1 N–H and O–H groups in total. The first kappa shape index (κ1) is 13.4. The van der Waals surface area contributed by atoms with Gasteiger partial charge in [0, 0.05) is 25.4 Å². The Balaban J connectivity index is 1.87. The normalized spacial score (nSPS) is 28.4. The Kier molecular flexibility index (Phi) is 3.94. The quantitative estimate of drug-likeness (QED) is 0.760. The van der Waals surface area contributed by atoms with Crippen LogP contribution >= 0.6 is 0 Å². The number of hydrogen-bond acceptors (Lipinski definition) is 3. The highest BCUT2D eigenvalue weighted by atomic mass is 32.2. The van der Waals surface area contributed by atoms with Gasteiger partial charge in [0.05, 0.1) is 5.25 Å². The van der Waals surface area contributed by atoms with E-state index < -0.39 is 15.1 Å². The monoisotopic (exact) mass is 272 g/mol. The Morgan fingerprint density at radius 3 is 2.72 bits per heavy atom. The van der Waals surface area contributed by atoms with Crippen molar-refractivity contribution < 1.29 is 13.2 Å². The van der Waals surface area contributed by atoms with Crippen LogP contribution in [-0.2, 0) is 9.84 Å². The SMILES string of the molecule is CS(=O)(=O)[C@H]1CCN(C(=O)N[C@@H]2C=CCCC2)C1. The van der Waals surface area contributed by atoms with Crippen molar-refractivity contribution >= 4 is 15.9 Å². The number of carbonyl (C=O) groups is 1. The van der Waals surface area contributed by atoms with Gasteiger partial charge in [-0.3, -0.25) is 0 Å². The van der Waals surface area contributed by atoms with E-state index in [4.69, 9.17) is 0 Å². The number of sulfone groups is 1. The Morgan fingerprint density at radius 1 is 1.39 bits per heavy atom. The standard InChI is InChI=1S/C12H20N2O3S/c1-18(16,17)11-7-8-14(9-11)12(15)13-10-5-3-2-4-6-10/h3,5,10-11H,2,4,6-9H2,1H3,(H,13,15)/t10-,11+/m1/s1. The van der Waals surface area contributed by atoms with Crippen molar-refractivity contribution in [3.8, 4) is 0 Å². The summed E-state index contributed by atoms with van der Waals surface area (Å²) in [5.41, 5.74) is 0. The second-order valence-electron chi connectivity index (χ2n) is 5.10. The summed E-state index contributed by atoms with van der Waals surface area (Å²) in [6.07, 6.45) is 9.02. The molecule has 102 valence electrons. The molecule has 1 saturated heterocycles. The van der Waals surface area contributed by atoms with Crippen LogP contribution in [0.3, 0.4) is 0 Å². The maximum absolute atomic E-state index is 12.0. The summed E-state index contributed by atoms with van der Waals surface area (Å²) in [5.74, 6) is 0. The molecule has 18 heavy (non-hydrogen) atoms. The molecule has 0 unspecified atom stereocenters. The number of allylic oxidation sites excluding steroid dienone is 1. The highest BCUT2D eigenvalue weighted by molar-refractivity contribution is 7.91. The van der Waals surface area contributed by atoms with Gasteiger partial charge in [-0.2, -0.15) is 0 Å². The lowest BCUT2D eigenvalue weighted by Crippen LogP contribution is -2.44. The molecule has 2 aliphatic rings. The van der Waals surface area contributed by atoms with Gasteiger partial charge in [0.15, 0.2) is 9.84 Å². The molecule has 1 heterocycles. The van der Waals surface area contributed by atoms with Gasteiger partial charge in [0.2, 0.25) is 0 Å². The summed E-state index contributed by atoms with van der Waals surface area (Å²) in [6.45, 7) is 0.848. The van der Waals surface area contributed by atoms with Crippen molar-refractivity contribution in [2.75, 3.05) is 19.3 Å². The molecule has 2 atom stereocenters. The molecule has 0 aromatic carbocycles. The minimum Gasteiger partial charge on any atom is -0.332 e. The zero-order chi connectivity index (χ0) is 13.2. The molecule has 5 nitrogen and oxygen atoms in total. The Bertz CT molecular complexity index is 444. The number of nitrogens with one attached hydrogen (secondary N) is 1. The first-order valence-corrected chi connectivity index (χ1v) is 8.33. The molecule has 1 aliphatic heterocycles. The fourth-order valence-corrected chi connectivity index (χ4v) is 3.43. The van der Waals surface area contributed by atoms with Crippen LogP contribution in [0.15, 0.2) is 12.2 Å². The van der Waals surface area contributed by atoms with Crippen LogP contribution in [-0.4, -0.2) is 50.0 Å². The first-order chi connectivity index (χ1) is 8.47. The molecule has 0 radical (unpaired) electrons. The number of carbonyl (C=O) groups excluding carboxylic acids is 1. The second kappa shape index (κ2) is 5.30. The summed E-state index contributed by atoms with van der Waals surface area (Å²) >= 11 is 0. The number of nitrogens with zero attached hydrogens (tertiary/aromatic N) is 1.